The smallest absolute Gasteiger partial charge is 0.264 e. The molecule has 1 aliphatic rings. The van der Waals surface area contributed by atoms with Gasteiger partial charge in [-0.05, 0) is 99.8 Å². The number of halogens is 3. The summed E-state index contributed by atoms with van der Waals surface area (Å²) in [7, 11) is -4.25. The third-order valence-electron chi connectivity index (χ3n) is 6.74. The van der Waals surface area contributed by atoms with Crippen LogP contribution in [-0.2, 0) is 16.4 Å². The number of hydrogen-bond acceptors (Lipinski definition) is 3. The third kappa shape index (κ3) is 6.07. The molecule has 4 nitrogen and oxygen atoms in total. The Morgan fingerprint density at radius 1 is 0.972 bits per heavy atom. The van der Waals surface area contributed by atoms with Gasteiger partial charge in [-0.15, -0.1) is 0 Å². The molecule has 1 heterocycles. The fraction of sp³-hybridized carbons (Fsp3) is 0.357. The second-order valence-corrected chi connectivity index (χ2v) is 11.5. The summed E-state index contributed by atoms with van der Waals surface area (Å²) in [5.74, 6) is -1.53. The molecule has 36 heavy (non-hydrogen) atoms. The maximum atomic E-state index is 15.0. The van der Waals surface area contributed by atoms with Gasteiger partial charge < -0.3 is 4.90 Å². The van der Waals surface area contributed by atoms with Crippen molar-refractivity contribution in [3.8, 4) is 0 Å². The largest absolute Gasteiger partial charge is 0.303 e. The van der Waals surface area contributed by atoms with Crippen LogP contribution < -0.4 is 4.31 Å². The van der Waals surface area contributed by atoms with Gasteiger partial charge in [-0.2, -0.15) is 0 Å². The molecule has 3 aromatic rings. The Morgan fingerprint density at radius 3 is 2.39 bits per heavy atom. The van der Waals surface area contributed by atoms with Crippen molar-refractivity contribution in [2.75, 3.05) is 23.9 Å². The van der Waals surface area contributed by atoms with Crippen molar-refractivity contribution >= 4 is 27.3 Å². The second-order valence-electron chi connectivity index (χ2n) is 9.23. The van der Waals surface area contributed by atoms with Crippen molar-refractivity contribution < 1.29 is 17.2 Å². The van der Waals surface area contributed by atoms with E-state index in [0.29, 0.717) is 5.02 Å². The summed E-state index contributed by atoms with van der Waals surface area (Å²) in [6.45, 7) is 4.92. The molecule has 1 aliphatic heterocycles. The molecule has 0 spiro atoms. The number of sulfonamides is 1. The van der Waals surface area contributed by atoms with E-state index in [1.54, 1.807) is 6.92 Å². The molecule has 3 aromatic carbocycles. The van der Waals surface area contributed by atoms with Gasteiger partial charge >= 0.3 is 0 Å². The lowest BCUT2D eigenvalue weighted by atomic mass is 9.97. The van der Waals surface area contributed by atoms with E-state index < -0.39 is 27.7 Å². The van der Waals surface area contributed by atoms with Gasteiger partial charge in [0.05, 0.1) is 16.6 Å². The van der Waals surface area contributed by atoms with Gasteiger partial charge in [0.2, 0.25) is 0 Å². The van der Waals surface area contributed by atoms with E-state index >= 15 is 4.39 Å². The maximum Gasteiger partial charge on any atom is 0.264 e. The topological polar surface area (TPSA) is 40.6 Å². The van der Waals surface area contributed by atoms with Crippen molar-refractivity contribution in [1.82, 2.24) is 4.90 Å². The molecule has 8 heteroatoms. The summed E-state index contributed by atoms with van der Waals surface area (Å²) >= 11 is 5.97. The predicted octanol–water partition coefficient (Wildman–Crippen LogP) is 6.99. The number of hydrogen-bond donors (Lipinski definition) is 0. The number of benzene rings is 3. The van der Waals surface area contributed by atoms with Gasteiger partial charge in [-0.3, -0.25) is 4.31 Å². The first-order valence-electron chi connectivity index (χ1n) is 12.3. The van der Waals surface area contributed by atoms with Crippen molar-refractivity contribution in [3.05, 3.63) is 94.5 Å². The average Bonchev–Trinajstić information content (AvgIpc) is 2.87. The zero-order valence-electron chi connectivity index (χ0n) is 20.3. The maximum absolute atomic E-state index is 15.0. The van der Waals surface area contributed by atoms with Crippen LogP contribution in [0.15, 0.2) is 71.6 Å². The van der Waals surface area contributed by atoms with E-state index in [1.165, 1.54) is 43.5 Å². The highest BCUT2D eigenvalue weighted by atomic mass is 35.5. The molecule has 0 radical (unpaired) electrons. The van der Waals surface area contributed by atoms with Crippen molar-refractivity contribution in [3.63, 3.8) is 0 Å². The van der Waals surface area contributed by atoms with Crippen LogP contribution in [0, 0.1) is 11.6 Å². The normalized spacial score (nSPS) is 15.6. The lowest BCUT2D eigenvalue weighted by molar-refractivity contribution is 0.226. The molecule has 0 N–H and O–H groups in total. The van der Waals surface area contributed by atoms with Gasteiger partial charge in [0.15, 0.2) is 0 Å². The predicted molar refractivity (Wildman–Crippen MR) is 141 cm³/mol. The van der Waals surface area contributed by atoms with Gasteiger partial charge in [0, 0.05) is 11.1 Å². The molecule has 0 unspecified atom stereocenters. The summed E-state index contributed by atoms with van der Waals surface area (Å²) in [5, 5.41) is 0.379. The van der Waals surface area contributed by atoms with E-state index in [-0.39, 0.29) is 10.6 Å². The molecule has 0 saturated carbocycles. The molecule has 1 fully saturated rings. The number of aryl methyl sites for hydroxylation is 1. The SMILES string of the molecule is C[C@H](c1ccccc1CCCN1CCCCC1)N(c1cc(F)ccc1F)S(=O)(=O)c1ccc(Cl)cc1. The monoisotopic (exact) mass is 532 g/mol. The molecule has 1 atom stereocenters. The lowest BCUT2D eigenvalue weighted by Crippen LogP contribution is -2.35. The minimum Gasteiger partial charge on any atom is -0.303 e. The summed E-state index contributed by atoms with van der Waals surface area (Å²) in [4.78, 5) is 2.42. The minimum atomic E-state index is -4.25. The zero-order chi connectivity index (χ0) is 25.7. The van der Waals surface area contributed by atoms with Gasteiger partial charge in [0.1, 0.15) is 11.6 Å². The van der Waals surface area contributed by atoms with Crippen LogP contribution in [0.2, 0.25) is 5.02 Å². The summed E-state index contributed by atoms with van der Waals surface area (Å²) in [5.41, 5.74) is 1.42. The molecule has 0 aliphatic carbocycles. The lowest BCUT2D eigenvalue weighted by Gasteiger charge is -2.32. The Morgan fingerprint density at radius 2 is 1.67 bits per heavy atom. The van der Waals surface area contributed by atoms with Gasteiger partial charge in [0.25, 0.3) is 10.0 Å². The molecule has 0 amide bonds. The number of anilines is 1. The molecule has 1 saturated heterocycles. The van der Waals surface area contributed by atoms with Crippen LogP contribution in [0.25, 0.3) is 0 Å². The fourth-order valence-corrected chi connectivity index (χ4v) is 6.65. The zero-order valence-corrected chi connectivity index (χ0v) is 21.9. The van der Waals surface area contributed by atoms with Crippen LogP contribution in [-0.4, -0.2) is 33.0 Å². The van der Waals surface area contributed by atoms with E-state index in [2.05, 4.69) is 4.90 Å². The summed E-state index contributed by atoms with van der Waals surface area (Å²) < 4.78 is 57.9. The molecule has 4 rings (SSSR count). The second kappa shape index (κ2) is 11.7. The summed E-state index contributed by atoms with van der Waals surface area (Å²) in [6, 6.07) is 15.4. The van der Waals surface area contributed by atoms with Crippen LogP contribution in [0.3, 0.4) is 0 Å². The van der Waals surface area contributed by atoms with E-state index in [9.17, 15) is 12.8 Å². The Bertz CT molecular complexity index is 1280. The first-order chi connectivity index (χ1) is 17.3. The Kier molecular flexibility index (Phi) is 8.65. The Balaban J connectivity index is 1.70. The number of piperidine rings is 1. The minimum absolute atomic E-state index is 0.0509. The van der Waals surface area contributed by atoms with Gasteiger partial charge in [-0.25, -0.2) is 17.2 Å². The van der Waals surface area contributed by atoms with Crippen LogP contribution >= 0.6 is 11.6 Å². The molecule has 0 aromatic heterocycles. The number of rotatable bonds is 9. The highest BCUT2D eigenvalue weighted by Crippen LogP contribution is 2.37. The first-order valence-corrected chi connectivity index (χ1v) is 14.1. The molecular weight excluding hydrogens is 502 g/mol. The molecule has 192 valence electrons. The van der Waals surface area contributed by atoms with Crippen molar-refractivity contribution in [2.24, 2.45) is 0 Å². The first kappa shape index (κ1) is 26.6. The van der Waals surface area contributed by atoms with E-state index in [4.69, 9.17) is 11.6 Å². The van der Waals surface area contributed by atoms with Crippen LogP contribution in [0.4, 0.5) is 14.5 Å². The molecule has 0 bridgehead atoms. The Hall–Kier alpha value is -2.48. The van der Waals surface area contributed by atoms with Gasteiger partial charge in [-0.1, -0.05) is 42.3 Å². The fourth-order valence-electron chi connectivity index (χ4n) is 4.89. The van der Waals surface area contributed by atoms with E-state index in [0.717, 1.165) is 66.1 Å². The van der Waals surface area contributed by atoms with Crippen LogP contribution in [0.1, 0.15) is 49.8 Å². The average molecular weight is 533 g/mol. The highest BCUT2D eigenvalue weighted by molar-refractivity contribution is 7.92. The highest BCUT2D eigenvalue weighted by Gasteiger charge is 2.33. The quantitative estimate of drug-likeness (QED) is 0.298. The number of nitrogens with zero attached hydrogens (tertiary/aromatic N) is 2. The standard InChI is InChI=1S/C28H31ClF2N2O2S/c1-21(26-10-4-3-8-22(26)9-7-19-32-17-5-2-6-18-32)33(28-20-24(30)13-16-27(28)31)36(34,35)25-14-11-23(29)12-15-25/h3-4,8,10-16,20-21H,2,5-7,9,17-19H2,1H3/t21-/m1/s1. The van der Waals surface area contributed by atoms with E-state index in [1.807, 2.05) is 24.3 Å². The van der Waals surface area contributed by atoms with Crippen molar-refractivity contribution in [1.29, 1.82) is 0 Å². The van der Waals surface area contributed by atoms with Crippen LogP contribution in [0.5, 0.6) is 0 Å². The van der Waals surface area contributed by atoms with Crippen molar-refractivity contribution in [2.45, 2.75) is 50.0 Å². The molecular formula is C28H31ClF2N2O2S. The Labute approximate surface area is 217 Å². The third-order valence-corrected chi connectivity index (χ3v) is 8.89. The summed E-state index contributed by atoms with van der Waals surface area (Å²) in [6.07, 6.45) is 5.43. The number of likely N-dealkylation sites (tertiary alicyclic amines) is 1.